The molecule has 0 spiro atoms. The Hall–Kier alpha value is -0.460. The predicted octanol–water partition coefficient (Wildman–Crippen LogP) is 1.29. The van der Waals surface area contributed by atoms with Gasteiger partial charge in [0.25, 0.3) is 0 Å². The molecule has 0 saturated carbocycles. The van der Waals surface area contributed by atoms with Gasteiger partial charge in [-0.1, -0.05) is 24.9 Å². The number of rotatable bonds is 3. The molecule has 0 aromatic rings. The molecule has 1 unspecified atom stereocenters. The normalized spacial score (nSPS) is 27.1. The molecule has 1 aliphatic rings. The van der Waals surface area contributed by atoms with E-state index in [0.717, 1.165) is 6.42 Å². The molecule has 0 aliphatic carbocycles. The van der Waals surface area contributed by atoms with Gasteiger partial charge in [-0.05, 0) is 13.3 Å². The first-order valence-electron chi connectivity index (χ1n) is 4.61. The van der Waals surface area contributed by atoms with Crippen LogP contribution in [0, 0.1) is 0 Å². The maximum absolute atomic E-state index is 11.2. The Labute approximate surface area is 94.8 Å². The van der Waals surface area contributed by atoms with E-state index < -0.39 is 15.2 Å². The minimum absolute atomic E-state index is 0.137. The zero-order valence-electron chi connectivity index (χ0n) is 8.91. The topological polar surface area (TPSA) is 69.6 Å². The molecule has 15 heavy (non-hydrogen) atoms. The van der Waals surface area contributed by atoms with Crippen molar-refractivity contribution in [2.45, 2.75) is 31.8 Å². The second-order valence-electron chi connectivity index (χ2n) is 3.65. The molecule has 1 atom stereocenters. The van der Waals surface area contributed by atoms with Crippen molar-refractivity contribution in [2.24, 2.45) is 0 Å². The number of alkyl halides is 1. The lowest BCUT2D eigenvalue weighted by molar-refractivity contribution is 0.291. The van der Waals surface area contributed by atoms with E-state index in [1.807, 2.05) is 6.92 Å². The number of nitrogens with zero attached hydrogens (tertiary/aromatic N) is 1. The Balaban J connectivity index is 3.20. The van der Waals surface area contributed by atoms with E-state index in [0.29, 0.717) is 12.1 Å². The third-order valence-corrected chi connectivity index (χ3v) is 3.67. The van der Waals surface area contributed by atoms with Crippen LogP contribution in [0.3, 0.4) is 0 Å². The van der Waals surface area contributed by atoms with Crippen LogP contribution >= 0.6 is 11.6 Å². The Morgan fingerprint density at radius 2 is 2.13 bits per heavy atom. The van der Waals surface area contributed by atoms with Crippen molar-refractivity contribution in [3.8, 4) is 0 Å². The smallest absolute Gasteiger partial charge is 0.311 e. The Bertz CT molecular complexity index is 389. The molecule has 1 aliphatic heterocycles. The fourth-order valence-electron chi connectivity index (χ4n) is 1.55. The van der Waals surface area contributed by atoms with E-state index in [9.17, 15) is 8.42 Å². The lowest BCUT2D eigenvalue weighted by Crippen LogP contribution is -2.43. The predicted molar refractivity (Wildman–Crippen MR) is 58.6 cm³/mol. The average molecular weight is 255 g/mol. The van der Waals surface area contributed by atoms with Crippen LogP contribution in [0.25, 0.3) is 0 Å². The van der Waals surface area contributed by atoms with Gasteiger partial charge in [-0.3, -0.25) is 4.55 Å². The Morgan fingerprint density at radius 3 is 2.53 bits per heavy atom. The minimum atomic E-state index is -4.24. The van der Waals surface area contributed by atoms with Crippen LogP contribution in [-0.2, 0) is 10.1 Å². The van der Waals surface area contributed by atoms with Gasteiger partial charge in [0.15, 0.2) is 10.2 Å². The van der Waals surface area contributed by atoms with Gasteiger partial charge in [0.05, 0.1) is 5.70 Å². The maximum atomic E-state index is 11.2. The number of hydrogen-bond donors (Lipinski definition) is 2. The summed E-state index contributed by atoms with van der Waals surface area (Å²) in [5, 5.41) is 1.73. The van der Waals surface area contributed by atoms with Crippen LogP contribution in [-0.4, -0.2) is 30.0 Å². The summed E-state index contributed by atoms with van der Waals surface area (Å²) in [6.07, 6.45) is 1.30. The first kappa shape index (κ1) is 12.6. The average Bonchev–Trinajstić information content (AvgIpc) is 2.21. The van der Waals surface area contributed by atoms with Gasteiger partial charge < -0.3 is 10.2 Å². The zero-order chi connectivity index (χ0) is 11.9. The molecule has 5 nitrogen and oxygen atoms in total. The number of nitrogens with one attached hydrogen (secondary N) is 1. The summed E-state index contributed by atoms with van der Waals surface area (Å²) in [4.78, 5) is 1.31. The summed E-state index contributed by atoms with van der Waals surface area (Å²) in [7, 11) is -2.72. The fourth-order valence-corrected chi connectivity index (χ4v) is 2.80. The molecule has 0 fully saturated rings. The van der Waals surface area contributed by atoms with Gasteiger partial charge in [-0.25, -0.2) is 0 Å². The lowest BCUT2D eigenvalue weighted by Gasteiger charge is -2.28. The third-order valence-electron chi connectivity index (χ3n) is 2.32. The molecule has 0 saturated heterocycles. The van der Waals surface area contributed by atoms with Crippen LogP contribution in [0.2, 0.25) is 0 Å². The molecular formula is C8H15ClN2O3S. The first-order chi connectivity index (χ1) is 6.70. The van der Waals surface area contributed by atoms with Crippen molar-refractivity contribution < 1.29 is 13.0 Å². The minimum Gasteiger partial charge on any atom is -0.351 e. The molecular weight excluding hydrogens is 240 g/mol. The van der Waals surface area contributed by atoms with E-state index in [-0.39, 0.29) is 5.03 Å². The summed E-state index contributed by atoms with van der Waals surface area (Å²) in [5.74, 6) is 0. The molecule has 0 aromatic heterocycles. The van der Waals surface area contributed by atoms with Gasteiger partial charge in [0, 0.05) is 7.05 Å². The summed E-state index contributed by atoms with van der Waals surface area (Å²) in [5.41, 5.74) is 0.458. The number of hydrogen-bond acceptors (Lipinski definition) is 4. The molecule has 1 rings (SSSR count). The van der Waals surface area contributed by atoms with Gasteiger partial charge in [0.1, 0.15) is 0 Å². The van der Waals surface area contributed by atoms with Crippen LogP contribution < -0.4 is 5.32 Å². The van der Waals surface area contributed by atoms with E-state index in [1.165, 1.54) is 11.9 Å². The van der Waals surface area contributed by atoms with Crippen LogP contribution in [0.15, 0.2) is 10.7 Å². The Kier molecular flexibility index (Phi) is 3.23. The number of allylic oxidation sites excluding steroid dienone is 1. The summed E-state index contributed by atoms with van der Waals surface area (Å²) in [6.45, 7) is 3.54. The molecule has 2 N–H and O–H groups in total. The van der Waals surface area contributed by atoms with Crippen LogP contribution in [0.5, 0.6) is 0 Å². The van der Waals surface area contributed by atoms with Crippen molar-refractivity contribution in [2.75, 3.05) is 7.05 Å². The van der Waals surface area contributed by atoms with Gasteiger partial charge in [-0.15, -0.1) is 0 Å². The lowest BCUT2D eigenvalue weighted by atomic mass is 10.3. The van der Waals surface area contributed by atoms with Crippen LogP contribution in [0.4, 0.5) is 0 Å². The molecule has 1 heterocycles. The van der Waals surface area contributed by atoms with Crippen molar-refractivity contribution in [1.82, 2.24) is 10.2 Å². The van der Waals surface area contributed by atoms with E-state index >= 15 is 0 Å². The molecule has 0 bridgehead atoms. The largest absolute Gasteiger partial charge is 0.351 e. The molecule has 0 radical (unpaired) electrons. The van der Waals surface area contributed by atoms with Crippen molar-refractivity contribution in [1.29, 1.82) is 0 Å². The van der Waals surface area contributed by atoms with E-state index in [2.05, 4.69) is 5.32 Å². The summed E-state index contributed by atoms with van der Waals surface area (Å²) >= 11 is 6.05. The first-order valence-corrected chi connectivity index (χ1v) is 6.43. The highest BCUT2D eigenvalue weighted by Gasteiger charge is 2.41. The Morgan fingerprint density at radius 1 is 1.60 bits per heavy atom. The summed E-state index contributed by atoms with van der Waals surface area (Å²) in [6, 6.07) is 0. The second-order valence-corrected chi connectivity index (χ2v) is 5.72. The van der Waals surface area contributed by atoms with Crippen molar-refractivity contribution in [3.63, 3.8) is 0 Å². The molecule has 0 aromatic carbocycles. The molecule has 7 heteroatoms. The zero-order valence-corrected chi connectivity index (χ0v) is 10.5. The van der Waals surface area contributed by atoms with Gasteiger partial charge in [0.2, 0.25) is 0 Å². The van der Waals surface area contributed by atoms with Gasteiger partial charge in [-0.2, -0.15) is 8.42 Å². The quantitative estimate of drug-likeness (QED) is 0.451. The molecule has 0 amide bonds. The van der Waals surface area contributed by atoms with E-state index in [1.54, 1.807) is 6.92 Å². The highest BCUT2D eigenvalue weighted by Crippen LogP contribution is 2.33. The standard InChI is InChI=1S/C8H15ClN2O3S/c1-4-5-6-7(15(12,13)14)11(3)8(2,9)10-6/h10H,4-5H2,1-3H3,(H,12,13,14). The molecule has 88 valence electrons. The second kappa shape index (κ2) is 3.84. The van der Waals surface area contributed by atoms with Crippen molar-refractivity contribution in [3.05, 3.63) is 10.7 Å². The van der Waals surface area contributed by atoms with E-state index in [4.69, 9.17) is 16.2 Å². The highest BCUT2D eigenvalue weighted by molar-refractivity contribution is 7.89. The number of halogens is 1. The summed E-state index contributed by atoms with van der Waals surface area (Å²) < 4.78 is 31.4. The van der Waals surface area contributed by atoms with Crippen LogP contribution in [0.1, 0.15) is 26.7 Å². The SMILES string of the molecule is CCCC1=C(S(=O)(=O)O)N(C)C(C)(Cl)N1. The fraction of sp³-hybridized carbons (Fsp3) is 0.750. The third kappa shape index (κ3) is 2.38. The van der Waals surface area contributed by atoms with Crippen molar-refractivity contribution >= 4 is 21.7 Å². The monoisotopic (exact) mass is 254 g/mol. The maximum Gasteiger partial charge on any atom is 0.311 e. The highest BCUT2D eigenvalue weighted by atomic mass is 35.5. The van der Waals surface area contributed by atoms with Gasteiger partial charge >= 0.3 is 10.1 Å².